The van der Waals surface area contributed by atoms with Crippen molar-refractivity contribution in [3.05, 3.63) is 35.4 Å². The van der Waals surface area contributed by atoms with E-state index in [1.54, 1.807) is 0 Å². The second-order valence-electron chi connectivity index (χ2n) is 6.16. The zero-order valence-corrected chi connectivity index (χ0v) is 11.9. The van der Waals surface area contributed by atoms with E-state index in [0.717, 1.165) is 19.6 Å². The van der Waals surface area contributed by atoms with Crippen LogP contribution in [0.5, 0.6) is 0 Å². The molecular formula is C16H26N2. The van der Waals surface area contributed by atoms with E-state index < -0.39 is 0 Å². The minimum Gasteiger partial charge on any atom is -0.317 e. The van der Waals surface area contributed by atoms with E-state index in [9.17, 15) is 0 Å². The molecule has 0 aliphatic carbocycles. The van der Waals surface area contributed by atoms with Crippen LogP contribution < -0.4 is 10.6 Å². The monoisotopic (exact) mass is 246 g/mol. The van der Waals surface area contributed by atoms with Crippen LogP contribution in [0.25, 0.3) is 0 Å². The lowest BCUT2D eigenvalue weighted by Crippen LogP contribution is -2.44. The molecule has 2 nitrogen and oxygen atoms in total. The maximum Gasteiger partial charge on any atom is 0.00915 e. The molecule has 2 heteroatoms. The first-order valence-electron chi connectivity index (χ1n) is 7.09. The van der Waals surface area contributed by atoms with E-state index >= 15 is 0 Å². The lowest BCUT2D eigenvalue weighted by Gasteiger charge is -2.31. The zero-order chi connectivity index (χ0) is 13.0. The summed E-state index contributed by atoms with van der Waals surface area (Å²) in [6.07, 6.45) is 2.51. The van der Waals surface area contributed by atoms with Gasteiger partial charge in [0.1, 0.15) is 0 Å². The number of hydrogen-bond donors (Lipinski definition) is 2. The molecule has 2 N–H and O–H groups in total. The summed E-state index contributed by atoms with van der Waals surface area (Å²) < 4.78 is 0. The van der Waals surface area contributed by atoms with Crippen LogP contribution in [0, 0.1) is 6.92 Å². The Kier molecular flexibility index (Phi) is 4.41. The molecule has 0 radical (unpaired) electrons. The van der Waals surface area contributed by atoms with Crippen LogP contribution >= 0.6 is 0 Å². The zero-order valence-electron chi connectivity index (χ0n) is 11.9. The van der Waals surface area contributed by atoms with Crippen LogP contribution in [0.2, 0.25) is 0 Å². The predicted molar refractivity (Wildman–Crippen MR) is 78.1 cm³/mol. The summed E-state index contributed by atoms with van der Waals surface area (Å²) in [4.78, 5) is 0. The summed E-state index contributed by atoms with van der Waals surface area (Å²) in [5.41, 5.74) is 2.99. The molecule has 1 aromatic rings. The number of piperidine rings is 1. The normalized spacial score (nSPS) is 17.9. The lowest BCUT2D eigenvalue weighted by molar-refractivity contribution is 0.351. The van der Waals surface area contributed by atoms with E-state index in [1.807, 2.05) is 0 Å². The van der Waals surface area contributed by atoms with Gasteiger partial charge in [-0.25, -0.2) is 0 Å². The second-order valence-corrected chi connectivity index (χ2v) is 6.16. The highest BCUT2D eigenvalue weighted by Gasteiger charge is 2.22. The molecule has 0 atom stereocenters. The number of hydrogen-bond acceptors (Lipinski definition) is 2. The molecule has 1 heterocycles. The van der Waals surface area contributed by atoms with Gasteiger partial charge in [0, 0.05) is 18.0 Å². The van der Waals surface area contributed by atoms with Gasteiger partial charge in [-0.3, -0.25) is 0 Å². The summed E-state index contributed by atoms with van der Waals surface area (Å²) >= 11 is 0. The fourth-order valence-corrected chi connectivity index (χ4v) is 2.59. The first kappa shape index (κ1) is 13.6. The summed E-state index contributed by atoms with van der Waals surface area (Å²) in [5.74, 6) is 0. The molecular weight excluding hydrogens is 220 g/mol. The van der Waals surface area contributed by atoms with E-state index in [2.05, 4.69) is 55.7 Å². The largest absolute Gasteiger partial charge is 0.317 e. The van der Waals surface area contributed by atoms with E-state index in [-0.39, 0.29) is 5.41 Å². The Bertz CT molecular complexity index is 378. The van der Waals surface area contributed by atoms with Crippen LogP contribution in [0.15, 0.2) is 24.3 Å². The SMILES string of the molecule is Cc1cccc(C(C)(C)CNC2CCNCC2)c1. The third-order valence-electron chi connectivity index (χ3n) is 3.97. The second kappa shape index (κ2) is 5.85. The van der Waals surface area contributed by atoms with Gasteiger partial charge in [0.2, 0.25) is 0 Å². The highest BCUT2D eigenvalue weighted by molar-refractivity contribution is 5.28. The molecule has 0 aromatic heterocycles. The minimum absolute atomic E-state index is 0.205. The lowest BCUT2D eigenvalue weighted by atomic mass is 9.83. The fourth-order valence-electron chi connectivity index (χ4n) is 2.59. The highest BCUT2D eigenvalue weighted by Crippen LogP contribution is 2.23. The molecule has 0 amide bonds. The average Bonchev–Trinajstić information content (AvgIpc) is 2.38. The summed E-state index contributed by atoms with van der Waals surface area (Å²) in [5, 5.41) is 7.15. The Morgan fingerprint density at radius 1 is 1.28 bits per heavy atom. The molecule has 1 aliphatic heterocycles. The van der Waals surface area contributed by atoms with Gasteiger partial charge in [0.15, 0.2) is 0 Å². The third kappa shape index (κ3) is 3.56. The van der Waals surface area contributed by atoms with Crippen molar-refractivity contribution in [1.29, 1.82) is 0 Å². The van der Waals surface area contributed by atoms with E-state index in [1.165, 1.54) is 24.0 Å². The molecule has 100 valence electrons. The quantitative estimate of drug-likeness (QED) is 0.853. The molecule has 1 aromatic carbocycles. The van der Waals surface area contributed by atoms with Crippen molar-refractivity contribution in [2.45, 2.75) is 45.1 Å². The van der Waals surface area contributed by atoms with Crippen LogP contribution in [0.1, 0.15) is 37.8 Å². The minimum atomic E-state index is 0.205. The van der Waals surface area contributed by atoms with Gasteiger partial charge in [0.05, 0.1) is 0 Å². The number of rotatable bonds is 4. The average molecular weight is 246 g/mol. The summed E-state index contributed by atoms with van der Waals surface area (Å²) in [6, 6.07) is 9.58. The molecule has 18 heavy (non-hydrogen) atoms. The summed E-state index contributed by atoms with van der Waals surface area (Å²) in [6.45, 7) is 10.2. The predicted octanol–water partition coefficient (Wildman–Crippen LogP) is 2.61. The van der Waals surface area contributed by atoms with E-state index in [0.29, 0.717) is 6.04 Å². The Morgan fingerprint density at radius 3 is 2.67 bits per heavy atom. The summed E-state index contributed by atoms with van der Waals surface area (Å²) in [7, 11) is 0. The fraction of sp³-hybridized carbons (Fsp3) is 0.625. The van der Waals surface area contributed by atoms with Gasteiger partial charge >= 0.3 is 0 Å². The van der Waals surface area contributed by atoms with Gasteiger partial charge in [-0.05, 0) is 38.4 Å². The van der Waals surface area contributed by atoms with Gasteiger partial charge in [-0.1, -0.05) is 43.7 Å². The number of nitrogens with one attached hydrogen (secondary N) is 2. The highest BCUT2D eigenvalue weighted by atomic mass is 15.0. The van der Waals surface area contributed by atoms with Crippen molar-refractivity contribution in [3.63, 3.8) is 0 Å². The van der Waals surface area contributed by atoms with Crippen molar-refractivity contribution >= 4 is 0 Å². The molecule has 0 saturated carbocycles. The molecule has 1 fully saturated rings. The first-order chi connectivity index (χ1) is 8.58. The van der Waals surface area contributed by atoms with Crippen LogP contribution in [0.3, 0.4) is 0 Å². The van der Waals surface area contributed by atoms with Gasteiger partial charge in [0.25, 0.3) is 0 Å². The van der Waals surface area contributed by atoms with Crippen molar-refractivity contribution in [3.8, 4) is 0 Å². The number of benzene rings is 1. The molecule has 0 unspecified atom stereocenters. The molecule has 0 spiro atoms. The maximum atomic E-state index is 3.74. The molecule has 1 saturated heterocycles. The van der Waals surface area contributed by atoms with Gasteiger partial charge in [-0.15, -0.1) is 0 Å². The Morgan fingerprint density at radius 2 is 2.00 bits per heavy atom. The number of aryl methyl sites for hydroxylation is 1. The first-order valence-corrected chi connectivity index (χ1v) is 7.09. The van der Waals surface area contributed by atoms with Crippen molar-refractivity contribution in [1.82, 2.24) is 10.6 Å². The van der Waals surface area contributed by atoms with Crippen molar-refractivity contribution in [2.24, 2.45) is 0 Å². The van der Waals surface area contributed by atoms with Crippen LogP contribution in [0.4, 0.5) is 0 Å². The Balaban J connectivity index is 1.94. The topological polar surface area (TPSA) is 24.1 Å². The third-order valence-corrected chi connectivity index (χ3v) is 3.97. The Labute approximate surface area is 111 Å². The van der Waals surface area contributed by atoms with Crippen LogP contribution in [-0.2, 0) is 5.41 Å². The van der Waals surface area contributed by atoms with Gasteiger partial charge < -0.3 is 10.6 Å². The maximum absolute atomic E-state index is 3.74. The van der Waals surface area contributed by atoms with Crippen molar-refractivity contribution in [2.75, 3.05) is 19.6 Å². The molecule has 0 bridgehead atoms. The standard InChI is InChI=1S/C16H26N2/c1-13-5-4-6-14(11-13)16(2,3)12-18-15-7-9-17-10-8-15/h4-6,11,15,17-18H,7-10,12H2,1-3H3. The van der Waals surface area contributed by atoms with E-state index in [4.69, 9.17) is 0 Å². The van der Waals surface area contributed by atoms with Crippen molar-refractivity contribution < 1.29 is 0 Å². The smallest absolute Gasteiger partial charge is 0.00915 e. The molecule has 2 rings (SSSR count). The van der Waals surface area contributed by atoms with Crippen LogP contribution in [-0.4, -0.2) is 25.7 Å². The van der Waals surface area contributed by atoms with Gasteiger partial charge in [-0.2, -0.15) is 0 Å². The molecule has 1 aliphatic rings. The Hall–Kier alpha value is -0.860.